The van der Waals surface area contributed by atoms with Crippen molar-refractivity contribution in [2.75, 3.05) is 6.61 Å². The molecule has 0 aliphatic carbocycles. The Labute approximate surface area is 157 Å². The monoisotopic (exact) mass is 374 g/mol. The van der Waals surface area contributed by atoms with Gasteiger partial charge in [0.15, 0.2) is 11.9 Å². The van der Waals surface area contributed by atoms with Crippen LogP contribution < -0.4 is 0 Å². The topological polar surface area (TPSA) is 88.1 Å². The lowest BCUT2D eigenvalue weighted by Gasteiger charge is -2.38. The summed E-state index contributed by atoms with van der Waals surface area (Å²) in [4.78, 5) is 37.2. The Morgan fingerprint density at radius 2 is 1.96 bits per heavy atom. The zero-order valence-electron chi connectivity index (χ0n) is 15.5. The van der Waals surface area contributed by atoms with Gasteiger partial charge in [0.2, 0.25) is 5.60 Å². The van der Waals surface area contributed by atoms with E-state index in [0.717, 1.165) is 0 Å². The molecule has 2 fully saturated rings. The highest BCUT2D eigenvalue weighted by molar-refractivity contribution is 6.39. The number of ketones is 1. The first-order valence-corrected chi connectivity index (χ1v) is 8.65. The summed E-state index contributed by atoms with van der Waals surface area (Å²) in [7, 11) is 0. The summed E-state index contributed by atoms with van der Waals surface area (Å²) in [5.41, 5.74) is -1.26. The molecule has 144 valence electrons. The van der Waals surface area contributed by atoms with Gasteiger partial charge in [-0.2, -0.15) is 0 Å². The summed E-state index contributed by atoms with van der Waals surface area (Å²) in [5.74, 6) is -4.45. The van der Waals surface area contributed by atoms with E-state index in [0.29, 0.717) is 5.56 Å². The molecule has 1 aromatic carbocycles. The van der Waals surface area contributed by atoms with Crippen molar-refractivity contribution in [1.82, 2.24) is 0 Å². The summed E-state index contributed by atoms with van der Waals surface area (Å²) in [6, 6.07) is 8.90. The molecule has 2 aliphatic heterocycles. The summed E-state index contributed by atoms with van der Waals surface area (Å²) in [6.45, 7) is 8.48. The van der Waals surface area contributed by atoms with Crippen molar-refractivity contribution in [2.45, 2.75) is 50.3 Å². The molecular weight excluding hydrogens is 352 g/mol. The quantitative estimate of drug-likeness (QED) is 0.442. The molecule has 7 heteroatoms. The van der Waals surface area contributed by atoms with Gasteiger partial charge in [-0.3, -0.25) is 9.59 Å². The normalized spacial score (nSPS) is 30.6. The first kappa shape index (κ1) is 19.3. The predicted octanol–water partition coefficient (Wildman–Crippen LogP) is 1.90. The Kier molecular flexibility index (Phi) is 4.92. The molecule has 2 saturated heterocycles. The van der Waals surface area contributed by atoms with Crippen LogP contribution in [0, 0.1) is 0 Å². The molecule has 1 aromatic rings. The lowest BCUT2D eigenvalue weighted by molar-refractivity contribution is -0.190. The first-order valence-electron chi connectivity index (χ1n) is 8.65. The zero-order chi connectivity index (χ0) is 19.8. The predicted molar refractivity (Wildman–Crippen MR) is 93.7 cm³/mol. The third-order valence-electron chi connectivity index (χ3n) is 4.73. The van der Waals surface area contributed by atoms with Crippen LogP contribution in [0.15, 0.2) is 43.0 Å². The number of benzene rings is 1. The van der Waals surface area contributed by atoms with E-state index in [1.165, 1.54) is 13.0 Å². The second-order valence-corrected chi connectivity index (χ2v) is 7.03. The third-order valence-corrected chi connectivity index (χ3v) is 4.73. The van der Waals surface area contributed by atoms with E-state index < -0.39 is 47.2 Å². The van der Waals surface area contributed by atoms with Gasteiger partial charge in [0.05, 0.1) is 12.5 Å². The Hall–Kier alpha value is -2.51. The Morgan fingerprint density at radius 3 is 2.48 bits per heavy atom. The number of hydrogen-bond donors (Lipinski definition) is 0. The highest BCUT2D eigenvalue weighted by Gasteiger charge is 2.67. The fraction of sp³-hybridized carbons (Fsp3) is 0.450. The van der Waals surface area contributed by atoms with Gasteiger partial charge < -0.3 is 18.9 Å². The fourth-order valence-corrected chi connectivity index (χ4v) is 3.70. The van der Waals surface area contributed by atoms with Crippen molar-refractivity contribution < 1.29 is 33.3 Å². The second-order valence-electron chi connectivity index (χ2n) is 7.03. The summed E-state index contributed by atoms with van der Waals surface area (Å²) >= 11 is 0. The molecule has 0 unspecified atom stereocenters. The van der Waals surface area contributed by atoms with Gasteiger partial charge in [0, 0.05) is 6.92 Å². The molecule has 0 radical (unpaired) electrons. The van der Waals surface area contributed by atoms with Gasteiger partial charge >= 0.3 is 11.9 Å². The van der Waals surface area contributed by atoms with Crippen LogP contribution in [0.25, 0.3) is 0 Å². The average molecular weight is 374 g/mol. The van der Waals surface area contributed by atoms with Crippen molar-refractivity contribution in [3.8, 4) is 0 Å². The number of ether oxygens (including phenoxy) is 4. The van der Waals surface area contributed by atoms with E-state index in [1.54, 1.807) is 38.1 Å². The first-order chi connectivity index (χ1) is 12.7. The highest BCUT2D eigenvalue weighted by atomic mass is 16.8. The second kappa shape index (κ2) is 6.90. The van der Waals surface area contributed by atoms with Crippen molar-refractivity contribution in [2.24, 2.45) is 0 Å². The van der Waals surface area contributed by atoms with Gasteiger partial charge in [-0.05, 0) is 19.4 Å². The Balaban J connectivity index is 2.13. The van der Waals surface area contributed by atoms with E-state index in [1.807, 2.05) is 6.07 Å². The van der Waals surface area contributed by atoms with Crippen LogP contribution in [0.1, 0.15) is 32.3 Å². The van der Waals surface area contributed by atoms with E-state index in [-0.39, 0.29) is 6.61 Å². The molecular formula is C20H22O7. The standard InChI is InChI=1S/C20H22O7/c1-5-14(13-9-7-6-8-10-13)20(26-12(2)21)16(22)18(23)25-17(20)15-11-24-19(3,4)27-15/h5-10,14-15,17H,1,11H2,2-4H3/t14-,15+,17-,20+/m1/s1. The van der Waals surface area contributed by atoms with Crippen LogP contribution in [-0.4, -0.2) is 47.9 Å². The molecule has 2 heterocycles. The van der Waals surface area contributed by atoms with Crippen LogP contribution in [0.4, 0.5) is 0 Å². The van der Waals surface area contributed by atoms with Crippen LogP contribution in [0.2, 0.25) is 0 Å². The molecule has 4 atom stereocenters. The van der Waals surface area contributed by atoms with Gasteiger partial charge in [-0.25, -0.2) is 4.79 Å². The molecule has 0 amide bonds. The molecule has 0 N–H and O–H groups in total. The SMILES string of the molecule is C=C[C@H](c1ccccc1)[C@]1(OC(C)=O)C(=O)C(=O)O[C@@H]1[C@@H]1COC(C)(C)O1. The van der Waals surface area contributed by atoms with Crippen LogP contribution >= 0.6 is 0 Å². The van der Waals surface area contributed by atoms with E-state index in [4.69, 9.17) is 18.9 Å². The van der Waals surface area contributed by atoms with Crippen molar-refractivity contribution >= 4 is 17.7 Å². The van der Waals surface area contributed by atoms with Crippen LogP contribution in [0.3, 0.4) is 0 Å². The molecule has 7 nitrogen and oxygen atoms in total. The maximum Gasteiger partial charge on any atom is 0.379 e. The highest BCUT2D eigenvalue weighted by Crippen LogP contribution is 2.45. The zero-order valence-corrected chi connectivity index (χ0v) is 15.5. The maximum atomic E-state index is 13.0. The summed E-state index contributed by atoms with van der Waals surface area (Å²) in [5, 5.41) is 0. The molecule has 0 bridgehead atoms. The maximum absolute atomic E-state index is 13.0. The molecule has 0 spiro atoms. The minimum atomic E-state index is -1.92. The van der Waals surface area contributed by atoms with Crippen LogP contribution in [0.5, 0.6) is 0 Å². The smallest absolute Gasteiger partial charge is 0.379 e. The van der Waals surface area contributed by atoms with E-state index in [9.17, 15) is 14.4 Å². The number of carbonyl (C=O) groups excluding carboxylic acids is 3. The van der Waals surface area contributed by atoms with Gasteiger partial charge in [0.1, 0.15) is 6.10 Å². The van der Waals surface area contributed by atoms with Crippen molar-refractivity contribution in [3.05, 3.63) is 48.6 Å². The number of esters is 2. The minimum Gasteiger partial charge on any atom is -0.449 e. The molecule has 2 aliphatic rings. The number of cyclic esters (lactones) is 1. The lowest BCUT2D eigenvalue weighted by atomic mass is 9.75. The van der Waals surface area contributed by atoms with E-state index in [2.05, 4.69) is 6.58 Å². The van der Waals surface area contributed by atoms with Crippen molar-refractivity contribution in [3.63, 3.8) is 0 Å². The fourth-order valence-electron chi connectivity index (χ4n) is 3.70. The minimum absolute atomic E-state index is 0.0832. The molecule has 0 saturated carbocycles. The van der Waals surface area contributed by atoms with Crippen LogP contribution in [-0.2, 0) is 33.3 Å². The largest absolute Gasteiger partial charge is 0.449 e. The molecule has 3 rings (SSSR count). The van der Waals surface area contributed by atoms with E-state index >= 15 is 0 Å². The number of Topliss-reactive ketones (excluding diaryl/α,β-unsaturated/α-hetero) is 1. The summed E-state index contributed by atoms with van der Waals surface area (Å²) in [6.07, 6.45) is -0.459. The van der Waals surface area contributed by atoms with Crippen molar-refractivity contribution in [1.29, 1.82) is 0 Å². The van der Waals surface area contributed by atoms with Gasteiger partial charge in [-0.15, -0.1) is 6.58 Å². The summed E-state index contributed by atoms with van der Waals surface area (Å²) < 4.78 is 22.3. The number of hydrogen-bond acceptors (Lipinski definition) is 7. The van der Waals surface area contributed by atoms with Gasteiger partial charge in [0.25, 0.3) is 5.78 Å². The average Bonchev–Trinajstić information content (AvgIpc) is 3.08. The lowest BCUT2D eigenvalue weighted by Crippen LogP contribution is -2.57. The van der Waals surface area contributed by atoms with Gasteiger partial charge in [-0.1, -0.05) is 36.4 Å². The number of carbonyl (C=O) groups is 3. The Bertz CT molecular complexity index is 770. The third kappa shape index (κ3) is 3.28. The molecule has 0 aromatic heterocycles. The Morgan fingerprint density at radius 1 is 1.30 bits per heavy atom. The molecule has 27 heavy (non-hydrogen) atoms. The number of rotatable bonds is 5.